The maximum atomic E-state index is 11.9. The average molecular weight is 283 g/mol. The third-order valence-corrected chi connectivity index (χ3v) is 3.27. The average Bonchev–Trinajstić information content (AvgIpc) is 2.31. The molecule has 1 aliphatic heterocycles. The molecule has 1 aromatic rings. The zero-order valence-electron chi connectivity index (χ0n) is 9.00. The lowest BCUT2D eigenvalue weighted by Crippen LogP contribution is -2.45. The Labute approximate surface area is 104 Å². The minimum atomic E-state index is 0.0150. The van der Waals surface area contributed by atoms with Crippen LogP contribution in [0.1, 0.15) is 23.2 Å². The van der Waals surface area contributed by atoms with Crippen molar-refractivity contribution in [3.63, 3.8) is 0 Å². The second-order valence-electron chi connectivity index (χ2n) is 4.02. The van der Waals surface area contributed by atoms with Gasteiger partial charge >= 0.3 is 0 Å². The molecule has 3 nitrogen and oxygen atoms in total. The molecule has 4 heteroatoms. The van der Waals surface area contributed by atoms with Crippen molar-refractivity contribution in [2.75, 3.05) is 13.1 Å². The van der Waals surface area contributed by atoms with Crippen molar-refractivity contribution in [1.29, 1.82) is 0 Å². The first kappa shape index (κ1) is 11.6. The van der Waals surface area contributed by atoms with Gasteiger partial charge in [0.1, 0.15) is 0 Å². The minimum Gasteiger partial charge on any atom is -0.348 e. The minimum absolute atomic E-state index is 0.0150. The van der Waals surface area contributed by atoms with Crippen LogP contribution in [0.4, 0.5) is 0 Å². The van der Waals surface area contributed by atoms with Crippen molar-refractivity contribution in [2.45, 2.75) is 18.9 Å². The monoisotopic (exact) mass is 282 g/mol. The Morgan fingerprint density at radius 3 is 2.75 bits per heavy atom. The number of hydrogen-bond donors (Lipinski definition) is 2. The van der Waals surface area contributed by atoms with Gasteiger partial charge in [0.2, 0.25) is 0 Å². The number of halogens is 1. The molecule has 0 spiro atoms. The van der Waals surface area contributed by atoms with Crippen molar-refractivity contribution in [3.05, 3.63) is 34.3 Å². The highest BCUT2D eigenvalue weighted by Gasteiger charge is 2.15. The Kier molecular flexibility index (Phi) is 3.96. The number of piperidine rings is 1. The summed E-state index contributed by atoms with van der Waals surface area (Å²) in [7, 11) is 0. The first-order chi connectivity index (χ1) is 7.75. The van der Waals surface area contributed by atoms with Crippen LogP contribution in [0.2, 0.25) is 0 Å². The van der Waals surface area contributed by atoms with E-state index in [1.165, 1.54) is 0 Å². The molecule has 2 N–H and O–H groups in total. The van der Waals surface area contributed by atoms with Crippen LogP contribution < -0.4 is 10.6 Å². The van der Waals surface area contributed by atoms with Gasteiger partial charge in [0, 0.05) is 22.6 Å². The smallest absolute Gasteiger partial charge is 0.251 e. The van der Waals surface area contributed by atoms with Crippen molar-refractivity contribution >= 4 is 21.8 Å². The fourth-order valence-corrected chi connectivity index (χ4v) is 2.11. The van der Waals surface area contributed by atoms with Gasteiger partial charge in [0.25, 0.3) is 5.91 Å². The largest absolute Gasteiger partial charge is 0.348 e. The highest BCUT2D eigenvalue weighted by Crippen LogP contribution is 2.11. The van der Waals surface area contributed by atoms with E-state index in [4.69, 9.17) is 0 Å². The molecule has 0 aliphatic carbocycles. The van der Waals surface area contributed by atoms with Crippen molar-refractivity contribution in [2.24, 2.45) is 0 Å². The lowest BCUT2D eigenvalue weighted by atomic mass is 10.1. The van der Waals surface area contributed by atoms with Crippen LogP contribution in [0, 0.1) is 0 Å². The molecule has 1 aliphatic rings. The van der Waals surface area contributed by atoms with Gasteiger partial charge in [0.05, 0.1) is 0 Å². The molecule has 86 valence electrons. The van der Waals surface area contributed by atoms with Crippen LogP contribution in [-0.4, -0.2) is 25.0 Å². The van der Waals surface area contributed by atoms with E-state index in [-0.39, 0.29) is 11.9 Å². The summed E-state index contributed by atoms with van der Waals surface area (Å²) in [4.78, 5) is 11.9. The summed E-state index contributed by atoms with van der Waals surface area (Å²) in [6.07, 6.45) is 2.19. The molecule has 1 aromatic carbocycles. The van der Waals surface area contributed by atoms with Gasteiger partial charge in [0.15, 0.2) is 0 Å². The number of nitrogens with one attached hydrogen (secondary N) is 2. The Bertz CT molecular complexity index is 358. The molecule has 1 amide bonds. The van der Waals surface area contributed by atoms with Gasteiger partial charge in [-0.15, -0.1) is 0 Å². The third-order valence-electron chi connectivity index (χ3n) is 2.74. The molecular formula is C12H15BrN2O. The van der Waals surface area contributed by atoms with Crippen LogP contribution in [-0.2, 0) is 0 Å². The normalized spacial score (nSPS) is 20.4. The van der Waals surface area contributed by atoms with Crippen LogP contribution in [0.25, 0.3) is 0 Å². The molecule has 0 radical (unpaired) electrons. The lowest BCUT2D eigenvalue weighted by molar-refractivity contribution is 0.0930. The molecule has 1 heterocycles. The Morgan fingerprint density at radius 1 is 1.38 bits per heavy atom. The van der Waals surface area contributed by atoms with Crippen LogP contribution in [0.3, 0.4) is 0 Å². The fourth-order valence-electron chi connectivity index (χ4n) is 1.85. The zero-order chi connectivity index (χ0) is 11.4. The van der Waals surface area contributed by atoms with Gasteiger partial charge in [-0.1, -0.05) is 15.9 Å². The Hall–Kier alpha value is -0.870. The number of carbonyl (C=O) groups excluding carboxylic acids is 1. The van der Waals surface area contributed by atoms with Crippen LogP contribution >= 0.6 is 15.9 Å². The lowest BCUT2D eigenvalue weighted by Gasteiger charge is -2.23. The number of amides is 1. The molecule has 0 aromatic heterocycles. The molecule has 1 unspecified atom stereocenters. The van der Waals surface area contributed by atoms with Gasteiger partial charge in [-0.3, -0.25) is 4.79 Å². The van der Waals surface area contributed by atoms with Gasteiger partial charge in [-0.25, -0.2) is 0 Å². The molecule has 0 saturated carbocycles. The molecular weight excluding hydrogens is 268 g/mol. The van der Waals surface area contributed by atoms with E-state index < -0.39 is 0 Å². The molecule has 0 bridgehead atoms. The number of benzene rings is 1. The van der Waals surface area contributed by atoms with Crippen molar-refractivity contribution < 1.29 is 4.79 Å². The molecule has 2 rings (SSSR count). The van der Waals surface area contributed by atoms with Crippen molar-refractivity contribution in [3.8, 4) is 0 Å². The summed E-state index contributed by atoms with van der Waals surface area (Å²) in [6, 6.07) is 7.69. The highest BCUT2D eigenvalue weighted by atomic mass is 79.9. The Balaban J connectivity index is 1.94. The van der Waals surface area contributed by atoms with E-state index in [2.05, 4.69) is 26.6 Å². The summed E-state index contributed by atoms with van der Waals surface area (Å²) in [5.41, 5.74) is 0.716. The SMILES string of the molecule is O=C(NC1CCCNC1)c1ccc(Br)cc1. The standard InChI is InChI=1S/C12H15BrN2O/c13-10-5-3-9(4-6-10)12(16)15-11-2-1-7-14-8-11/h3-6,11,14H,1-2,7-8H2,(H,15,16). The van der Waals surface area contributed by atoms with Gasteiger partial charge < -0.3 is 10.6 Å². The first-order valence-corrected chi connectivity index (χ1v) is 6.32. The Morgan fingerprint density at radius 2 is 2.12 bits per heavy atom. The van der Waals surface area contributed by atoms with Crippen LogP contribution in [0.5, 0.6) is 0 Å². The summed E-state index contributed by atoms with van der Waals surface area (Å²) in [6.45, 7) is 1.94. The maximum Gasteiger partial charge on any atom is 0.251 e. The van der Waals surface area contributed by atoms with Crippen molar-refractivity contribution in [1.82, 2.24) is 10.6 Å². The summed E-state index contributed by atoms with van der Waals surface area (Å²) < 4.78 is 0.989. The molecule has 1 fully saturated rings. The summed E-state index contributed by atoms with van der Waals surface area (Å²) in [5.74, 6) is 0.0150. The van der Waals surface area contributed by atoms with Gasteiger partial charge in [-0.2, -0.15) is 0 Å². The maximum absolute atomic E-state index is 11.9. The van der Waals surface area contributed by atoms with Gasteiger partial charge in [-0.05, 0) is 43.7 Å². The van der Waals surface area contributed by atoms with E-state index in [0.717, 1.165) is 30.4 Å². The van der Waals surface area contributed by atoms with E-state index in [1.807, 2.05) is 24.3 Å². The quantitative estimate of drug-likeness (QED) is 0.870. The second-order valence-corrected chi connectivity index (χ2v) is 4.94. The number of hydrogen-bond acceptors (Lipinski definition) is 2. The van der Waals surface area contributed by atoms with E-state index in [1.54, 1.807) is 0 Å². The third kappa shape index (κ3) is 3.06. The molecule has 1 saturated heterocycles. The molecule has 1 atom stereocenters. The number of carbonyl (C=O) groups is 1. The summed E-state index contributed by atoms with van der Waals surface area (Å²) >= 11 is 3.35. The fraction of sp³-hybridized carbons (Fsp3) is 0.417. The summed E-state index contributed by atoms with van der Waals surface area (Å²) in [5, 5.41) is 6.32. The predicted octanol–water partition coefficient (Wildman–Crippen LogP) is 1.93. The first-order valence-electron chi connectivity index (χ1n) is 5.53. The van der Waals surface area contributed by atoms with E-state index >= 15 is 0 Å². The van der Waals surface area contributed by atoms with E-state index in [0.29, 0.717) is 5.56 Å². The topological polar surface area (TPSA) is 41.1 Å². The predicted molar refractivity (Wildman–Crippen MR) is 67.5 cm³/mol. The van der Waals surface area contributed by atoms with Crippen LogP contribution in [0.15, 0.2) is 28.7 Å². The molecule has 16 heavy (non-hydrogen) atoms. The highest BCUT2D eigenvalue weighted by molar-refractivity contribution is 9.10. The second kappa shape index (κ2) is 5.46. The van der Waals surface area contributed by atoms with E-state index in [9.17, 15) is 4.79 Å². The zero-order valence-corrected chi connectivity index (χ0v) is 10.6. The number of rotatable bonds is 2.